The minimum Gasteiger partial charge on any atom is -0.417 e. The van der Waals surface area contributed by atoms with Crippen molar-refractivity contribution in [3.8, 4) is 62.6 Å². The van der Waals surface area contributed by atoms with Gasteiger partial charge in [0, 0.05) is 73.6 Å². The zero-order chi connectivity index (χ0) is 82.1. The topological polar surface area (TPSA) is 201 Å². The van der Waals surface area contributed by atoms with Gasteiger partial charge in [-0.25, -0.2) is 45.7 Å². The SMILES string of the molecule is C[n+]1c2n(c3c4ccncc4oc31)Cc1ncccc1-2.C[n+]1c2n(c3c4ccncc4sc31)Cc1ncccc1-2.[2H]C([2H])([2H])[n+]1c2n(c3c4ccncc4n(-c4ccccc4)c31)Cc1ncccc1-2.[2H]C([2H])([2H])[n+]1c2n(c3c4ccncc4n(C)c31)Cc1ncccc1-2.[2H]C([2H])([2H])n1c2cnccc2c2c1[n+](C([2H])([2H])[2H])c1n2Cc2ncccc2-1. The van der Waals surface area contributed by atoms with E-state index in [-0.39, 0.29) is 5.65 Å². The quantitative estimate of drug-likeness (QED) is 0.142. The van der Waals surface area contributed by atoms with Gasteiger partial charge in [-0.05, 0) is 103 Å². The first-order valence-electron chi connectivity index (χ1n) is 40.9. The van der Waals surface area contributed by atoms with Crippen molar-refractivity contribution in [2.75, 3.05) is 0 Å². The molecule has 24 nitrogen and oxygen atoms in total. The van der Waals surface area contributed by atoms with Crippen LogP contribution in [0.15, 0.2) is 219 Å². The molecule has 0 N–H and O–H groups in total. The highest BCUT2D eigenvalue weighted by atomic mass is 32.1. The summed E-state index contributed by atoms with van der Waals surface area (Å²) in [5.74, 6) is 4.22. The van der Waals surface area contributed by atoms with Crippen LogP contribution in [0.25, 0.3) is 171 Å². The predicted octanol–water partition coefficient (Wildman–Crippen LogP) is 11.3. The van der Waals surface area contributed by atoms with Crippen molar-refractivity contribution < 1.29 is 43.7 Å². The van der Waals surface area contributed by atoms with Gasteiger partial charge in [-0.2, -0.15) is 4.57 Å². The number of hydrogen-bond donors (Lipinski definition) is 0. The molecule has 0 unspecified atom stereocenters. The molecule has 0 bridgehead atoms. The lowest BCUT2D eigenvalue weighted by Crippen LogP contribution is -2.31. The van der Waals surface area contributed by atoms with E-state index in [9.17, 15) is 0 Å². The molecule has 0 fully saturated rings. The van der Waals surface area contributed by atoms with Crippen molar-refractivity contribution >= 4 is 120 Å². The number of furan rings is 1. The first-order valence-corrected chi connectivity index (χ1v) is 35.7. The van der Waals surface area contributed by atoms with Gasteiger partial charge in [0.1, 0.15) is 55.0 Å². The maximum absolute atomic E-state index is 8.35. The molecular weight excluding hydrogens is 1370 g/mol. The molecule has 25 heteroatoms. The Balaban J connectivity index is 0.0000000906. The molecule has 20 aromatic heterocycles. The number of thiophene rings is 1. The molecule has 21 aromatic rings. The van der Waals surface area contributed by atoms with Crippen LogP contribution in [0, 0.1) is 0 Å². The van der Waals surface area contributed by atoms with E-state index in [1.807, 2.05) is 144 Å². The molecule has 5 aliphatic rings. The zero-order valence-electron chi connectivity index (χ0n) is 69.8. The molecule has 25 heterocycles. The number of imidazole rings is 5. The Hall–Kier alpha value is -13.8. The highest BCUT2D eigenvalue weighted by Crippen LogP contribution is 2.43. The lowest BCUT2D eigenvalue weighted by atomic mass is 10.2. The number of aryl methyl sites for hydroxylation is 7. The molecule has 0 aliphatic carbocycles. The minimum absolute atomic E-state index is 0.141. The molecule has 5 aliphatic heterocycles. The van der Waals surface area contributed by atoms with Gasteiger partial charge >= 0.3 is 5.71 Å². The normalized spacial score (nSPS) is 15.1. The maximum atomic E-state index is 8.35. The highest BCUT2D eigenvalue weighted by Gasteiger charge is 2.41. The zero-order valence-corrected chi connectivity index (χ0v) is 58.7. The average molecular weight is 1450 g/mol. The van der Waals surface area contributed by atoms with Gasteiger partial charge in [-0.15, -0.1) is 0 Å². The van der Waals surface area contributed by atoms with Crippen molar-refractivity contribution in [2.24, 2.45) is 49.0 Å². The fraction of sp³-hybridized carbons (Fsp3) is 0.145. The van der Waals surface area contributed by atoms with Crippen LogP contribution in [0.5, 0.6) is 0 Å². The maximum Gasteiger partial charge on any atom is 0.339 e. The number of nitrogens with zero attached hydrogens (tertiary/aromatic N) is 23. The third-order valence-corrected chi connectivity index (χ3v) is 22.8. The second kappa shape index (κ2) is 23.1. The first-order chi connectivity index (χ1) is 57.9. The molecule has 520 valence electrons. The summed E-state index contributed by atoms with van der Waals surface area (Å²) in [6.45, 7) is -6.62. The highest BCUT2D eigenvalue weighted by molar-refractivity contribution is 7.25. The number of rotatable bonds is 1. The number of para-hydroxylation sites is 1. The third-order valence-electron chi connectivity index (χ3n) is 21.6. The Kier molecular flexibility index (Phi) is 10.8. The van der Waals surface area contributed by atoms with E-state index >= 15 is 0 Å². The van der Waals surface area contributed by atoms with Gasteiger partial charge < -0.3 is 4.42 Å². The number of benzene rings is 1. The lowest BCUT2D eigenvalue weighted by molar-refractivity contribution is -0.640. The number of hydrogen-bond acceptors (Lipinski definition) is 12. The van der Waals surface area contributed by atoms with Crippen LogP contribution in [0.2, 0.25) is 0 Å². The molecule has 0 saturated heterocycles. The summed E-state index contributed by atoms with van der Waals surface area (Å²) in [6, 6.07) is 38.9. The van der Waals surface area contributed by atoms with Crippen molar-refractivity contribution in [2.45, 2.75) is 32.7 Å². The van der Waals surface area contributed by atoms with Gasteiger partial charge in [0.2, 0.25) is 27.8 Å². The Morgan fingerprint density at radius 2 is 0.769 bits per heavy atom. The van der Waals surface area contributed by atoms with Crippen molar-refractivity contribution in [3.63, 3.8) is 0 Å². The summed E-state index contributed by atoms with van der Waals surface area (Å²) in [6.07, 6.45) is 26.3. The van der Waals surface area contributed by atoms with E-state index in [1.165, 1.54) is 52.7 Å². The van der Waals surface area contributed by atoms with Crippen LogP contribution in [-0.4, -0.2) is 86.4 Å². The van der Waals surface area contributed by atoms with Crippen LogP contribution in [0.3, 0.4) is 0 Å². The van der Waals surface area contributed by atoms with Crippen molar-refractivity contribution in [3.05, 3.63) is 243 Å². The van der Waals surface area contributed by atoms with E-state index in [0.717, 1.165) is 128 Å². The molecule has 0 saturated carbocycles. The van der Waals surface area contributed by atoms with Crippen molar-refractivity contribution in [1.29, 1.82) is 0 Å². The Morgan fingerprint density at radius 1 is 0.370 bits per heavy atom. The lowest BCUT2D eigenvalue weighted by Gasteiger charge is -2.03. The van der Waals surface area contributed by atoms with Gasteiger partial charge in [0.25, 0.3) is 28.6 Å². The second-order valence-electron chi connectivity index (χ2n) is 27.2. The van der Waals surface area contributed by atoms with Gasteiger partial charge in [-0.3, -0.25) is 59.0 Å². The summed E-state index contributed by atoms with van der Waals surface area (Å²) in [5.41, 5.74) is 20.7. The number of fused-ring (bicyclic) bond motifs is 35. The van der Waals surface area contributed by atoms with Gasteiger partial charge in [-0.1, -0.05) is 29.5 Å². The minimum atomic E-state index is -2.57. The van der Waals surface area contributed by atoms with Crippen LogP contribution < -0.4 is 22.8 Å². The van der Waals surface area contributed by atoms with Crippen LogP contribution in [0.4, 0.5) is 0 Å². The largest absolute Gasteiger partial charge is 0.417 e. The summed E-state index contributed by atoms with van der Waals surface area (Å²) in [5, 5.41) is 5.00. The van der Waals surface area contributed by atoms with E-state index in [0.29, 0.717) is 70.4 Å². The Morgan fingerprint density at radius 3 is 1.28 bits per heavy atom. The summed E-state index contributed by atoms with van der Waals surface area (Å²) in [4.78, 5) is 44.5. The standard InChI is InChI=1S/C21H16N5.2C16H14N5.C15H11N4O.C15H11N4S/c1-24-20-15-8-5-10-23-17(15)13-25(20)19-16-9-11-22-12-18(16)26(21(19)24)14-6-3-2-4-7-14;2*1-19-13-8-17-7-5-11(13)14-16(19)20(2)15-10-4-3-6-18-12(10)9-21(14)15;2*1-18-14-9-3-2-5-17-11(9)8-19(14)13-10-4-6-16-7-12(10)20-15(13)18/h2-12H,13H2,1H3;2*3-8H,9H2,1-2H3;2*2-7H,8H2,1H3/q5*+1/i1D3;1D3,2D3;2D3;;. The van der Waals surface area contributed by atoms with Crippen LogP contribution >= 0.6 is 11.3 Å². The van der Waals surface area contributed by atoms with Crippen molar-refractivity contribution in [1.82, 2.24) is 86.4 Å². The molecule has 0 amide bonds. The van der Waals surface area contributed by atoms with E-state index in [2.05, 4.69) is 102 Å². The van der Waals surface area contributed by atoms with E-state index < -0.39 is 27.9 Å². The van der Waals surface area contributed by atoms with Gasteiger partial charge in [0.15, 0.2) is 27.6 Å². The molecule has 0 radical (unpaired) electrons. The fourth-order valence-electron chi connectivity index (χ4n) is 17.1. The second-order valence-corrected chi connectivity index (χ2v) is 28.2. The average Bonchev–Trinajstić information content (AvgIpc) is 1.53. The van der Waals surface area contributed by atoms with Crippen LogP contribution in [-0.2, 0) is 81.8 Å². The Bertz CT molecular complexity index is 7760. The molecular formula is C83H66N23OS+5. The van der Waals surface area contributed by atoms with Gasteiger partial charge in [0.05, 0.1) is 173 Å². The first kappa shape index (κ1) is 50.6. The summed E-state index contributed by atoms with van der Waals surface area (Å²) in [7, 11) is 6.06. The number of aromatic nitrogens is 23. The molecule has 0 spiro atoms. The predicted molar refractivity (Wildman–Crippen MR) is 411 cm³/mol. The number of pyridine rings is 10. The fourth-order valence-corrected chi connectivity index (χ4v) is 18.3. The monoisotopic (exact) mass is 1440 g/mol. The molecule has 108 heavy (non-hydrogen) atoms. The van der Waals surface area contributed by atoms with Crippen LogP contribution in [0.1, 0.15) is 44.9 Å². The van der Waals surface area contributed by atoms with E-state index in [1.54, 1.807) is 85.4 Å². The summed E-state index contributed by atoms with van der Waals surface area (Å²) < 4.78 is 129. The Labute approximate surface area is 634 Å². The molecule has 26 rings (SSSR count). The molecule has 0 atom stereocenters. The summed E-state index contributed by atoms with van der Waals surface area (Å²) >= 11 is 1.81. The third kappa shape index (κ3) is 8.51. The van der Waals surface area contributed by atoms with E-state index in [4.69, 9.17) is 20.9 Å². The molecule has 1 aromatic carbocycles. The smallest absolute Gasteiger partial charge is 0.339 e.